The first-order valence-electron chi connectivity index (χ1n) is 3.79. The number of carbonyl (C=O) groups excluding carboxylic acids is 1. The molecule has 1 atom stereocenters. The monoisotopic (exact) mass is 155 g/mol. The molecule has 1 rings (SSSR count). The van der Waals surface area contributed by atoms with Crippen LogP contribution >= 0.6 is 0 Å². The van der Waals surface area contributed by atoms with Crippen LogP contribution in [0.1, 0.15) is 0 Å². The highest BCUT2D eigenvalue weighted by Crippen LogP contribution is 2.01. The first kappa shape index (κ1) is 8.43. The summed E-state index contributed by atoms with van der Waals surface area (Å²) in [7, 11) is 0. The van der Waals surface area contributed by atoms with Gasteiger partial charge in [-0.1, -0.05) is 6.58 Å². The van der Waals surface area contributed by atoms with E-state index in [0.717, 1.165) is 6.54 Å². The normalized spacial score (nSPS) is 25.6. The molecule has 1 unspecified atom stereocenters. The van der Waals surface area contributed by atoms with E-state index in [-0.39, 0.29) is 11.7 Å². The maximum absolute atomic E-state index is 11.1. The lowest BCUT2D eigenvalue weighted by Gasteiger charge is -2.08. The molecule has 0 bridgehead atoms. The molecule has 11 heavy (non-hydrogen) atoms. The topological polar surface area (TPSA) is 38.3 Å². The maximum Gasteiger partial charge on any atom is 0.161 e. The van der Waals surface area contributed by atoms with E-state index >= 15 is 0 Å². The summed E-state index contributed by atoms with van der Waals surface area (Å²) < 4.78 is 5.20. The number of ether oxygens (including phenoxy) is 1. The van der Waals surface area contributed by atoms with Crippen LogP contribution in [-0.2, 0) is 9.53 Å². The second-order valence-corrected chi connectivity index (χ2v) is 2.58. The fourth-order valence-corrected chi connectivity index (χ4v) is 1.05. The van der Waals surface area contributed by atoms with Crippen LogP contribution in [0, 0.1) is 5.92 Å². The SMILES string of the molecule is C=CC(=O)C1CNCCOC1. The zero-order chi connectivity index (χ0) is 8.10. The van der Waals surface area contributed by atoms with Crippen molar-refractivity contribution in [1.29, 1.82) is 0 Å². The first-order valence-corrected chi connectivity index (χ1v) is 3.79. The Balaban J connectivity index is 2.42. The number of nitrogens with one attached hydrogen (secondary N) is 1. The van der Waals surface area contributed by atoms with Crippen molar-refractivity contribution in [3.8, 4) is 0 Å². The molecule has 62 valence electrons. The van der Waals surface area contributed by atoms with Crippen molar-refractivity contribution in [2.75, 3.05) is 26.3 Å². The number of allylic oxidation sites excluding steroid dienone is 1. The lowest BCUT2D eigenvalue weighted by Crippen LogP contribution is -2.27. The molecule has 1 aliphatic rings. The van der Waals surface area contributed by atoms with E-state index in [9.17, 15) is 4.79 Å². The molecular weight excluding hydrogens is 142 g/mol. The van der Waals surface area contributed by atoms with Gasteiger partial charge in [0.15, 0.2) is 5.78 Å². The quantitative estimate of drug-likeness (QED) is 0.569. The highest BCUT2D eigenvalue weighted by Gasteiger charge is 2.17. The second-order valence-electron chi connectivity index (χ2n) is 2.58. The molecular formula is C8H13NO2. The van der Waals surface area contributed by atoms with Gasteiger partial charge in [-0.25, -0.2) is 0 Å². The first-order chi connectivity index (χ1) is 5.34. The zero-order valence-electron chi connectivity index (χ0n) is 6.51. The fourth-order valence-electron chi connectivity index (χ4n) is 1.05. The molecule has 0 aliphatic carbocycles. The summed E-state index contributed by atoms with van der Waals surface area (Å²) in [5, 5.41) is 3.12. The fraction of sp³-hybridized carbons (Fsp3) is 0.625. The van der Waals surface area contributed by atoms with Gasteiger partial charge in [0.1, 0.15) is 0 Å². The largest absolute Gasteiger partial charge is 0.379 e. The van der Waals surface area contributed by atoms with Crippen molar-refractivity contribution < 1.29 is 9.53 Å². The van der Waals surface area contributed by atoms with Gasteiger partial charge >= 0.3 is 0 Å². The second kappa shape index (κ2) is 4.26. The van der Waals surface area contributed by atoms with Gasteiger partial charge in [0, 0.05) is 13.1 Å². The van der Waals surface area contributed by atoms with Gasteiger partial charge in [-0.05, 0) is 6.08 Å². The Morgan fingerprint density at radius 1 is 1.73 bits per heavy atom. The average Bonchev–Trinajstić information content (AvgIpc) is 2.30. The van der Waals surface area contributed by atoms with Gasteiger partial charge in [-0.15, -0.1) is 0 Å². The molecule has 1 N–H and O–H groups in total. The molecule has 1 heterocycles. The molecule has 1 saturated heterocycles. The van der Waals surface area contributed by atoms with Crippen molar-refractivity contribution in [3.63, 3.8) is 0 Å². The van der Waals surface area contributed by atoms with Crippen molar-refractivity contribution in [2.24, 2.45) is 5.92 Å². The minimum absolute atomic E-state index is 0.0324. The number of hydrogen-bond donors (Lipinski definition) is 1. The zero-order valence-corrected chi connectivity index (χ0v) is 6.51. The van der Waals surface area contributed by atoms with E-state index in [2.05, 4.69) is 11.9 Å². The molecule has 0 saturated carbocycles. The van der Waals surface area contributed by atoms with Gasteiger partial charge in [0.25, 0.3) is 0 Å². The van der Waals surface area contributed by atoms with Gasteiger partial charge in [-0.2, -0.15) is 0 Å². The molecule has 0 amide bonds. The molecule has 3 nitrogen and oxygen atoms in total. The summed E-state index contributed by atoms with van der Waals surface area (Å²) in [6.07, 6.45) is 1.36. The number of rotatable bonds is 2. The molecule has 0 spiro atoms. The number of carbonyl (C=O) groups is 1. The van der Waals surface area contributed by atoms with Crippen LogP contribution in [0.15, 0.2) is 12.7 Å². The Labute approximate surface area is 66.4 Å². The molecule has 1 fully saturated rings. The molecule has 0 aromatic rings. The van der Waals surface area contributed by atoms with Gasteiger partial charge in [0.05, 0.1) is 19.1 Å². The Hall–Kier alpha value is -0.670. The number of ketones is 1. The summed E-state index contributed by atoms with van der Waals surface area (Å²) in [4.78, 5) is 11.1. The van der Waals surface area contributed by atoms with Crippen LogP contribution in [0.4, 0.5) is 0 Å². The van der Waals surface area contributed by atoms with Crippen LogP contribution in [0.5, 0.6) is 0 Å². The number of hydrogen-bond acceptors (Lipinski definition) is 3. The molecule has 0 aromatic carbocycles. The summed E-state index contributed by atoms with van der Waals surface area (Å²) in [5.41, 5.74) is 0. The lowest BCUT2D eigenvalue weighted by molar-refractivity contribution is -0.119. The maximum atomic E-state index is 11.1. The molecule has 0 radical (unpaired) electrons. The van der Waals surface area contributed by atoms with Crippen molar-refractivity contribution >= 4 is 5.78 Å². The summed E-state index contributed by atoms with van der Waals surface area (Å²) in [6.45, 7) is 6.20. The van der Waals surface area contributed by atoms with Crippen molar-refractivity contribution in [3.05, 3.63) is 12.7 Å². The van der Waals surface area contributed by atoms with Gasteiger partial charge in [0.2, 0.25) is 0 Å². The Morgan fingerprint density at radius 3 is 3.27 bits per heavy atom. The standard InChI is InChI=1S/C8H13NO2/c1-2-8(10)7-5-9-3-4-11-6-7/h2,7,9H,1,3-6H2. The third kappa shape index (κ3) is 2.44. The van der Waals surface area contributed by atoms with Crippen molar-refractivity contribution in [1.82, 2.24) is 5.32 Å². The Morgan fingerprint density at radius 2 is 2.55 bits per heavy atom. The minimum atomic E-state index is -0.0324. The third-order valence-corrected chi connectivity index (χ3v) is 1.74. The van der Waals surface area contributed by atoms with Crippen LogP contribution in [0.25, 0.3) is 0 Å². The smallest absolute Gasteiger partial charge is 0.161 e. The Kier molecular flexibility index (Phi) is 3.26. The summed E-state index contributed by atoms with van der Waals surface area (Å²) in [5.74, 6) is 0.0365. The third-order valence-electron chi connectivity index (χ3n) is 1.74. The predicted octanol–water partition coefficient (Wildman–Crippen LogP) is -0.0225. The Bertz CT molecular complexity index is 148. The van der Waals surface area contributed by atoms with E-state index in [4.69, 9.17) is 4.74 Å². The molecule has 3 heteroatoms. The van der Waals surface area contributed by atoms with Crippen LogP contribution in [0.2, 0.25) is 0 Å². The molecule has 1 aliphatic heterocycles. The van der Waals surface area contributed by atoms with Crippen molar-refractivity contribution in [2.45, 2.75) is 0 Å². The molecule has 0 aromatic heterocycles. The highest BCUT2D eigenvalue weighted by atomic mass is 16.5. The average molecular weight is 155 g/mol. The highest BCUT2D eigenvalue weighted by molar-refractivity contribution is 5.91. The van der Waals surface area contributed by atoms with E-state index in [1.165, 1.54) is 6.08 Å². The van der Waals surface area contributed by atoms with Gasteiger partial charge in [-0.3, -0.25) is 4.79 Å². The summed E-state index contributed by atoms with van der Waals surface area (Å²) >= 11 is 0. The van der Waals surface area contributed by atoms with Crippen LogP contribution < -0.4 is 5.32 Å². The lowest BCUT2D eigenvalue weighted by atomic mass is 10.1. The minimum Gasteiger partial charge on any atom is -0.379 e. The van der Waals surface area contributed by atoms with Gasteiger partial charge < -0.3 is 10.1 Å². The summed E-state index contributed by atoms with van der Waals surface area (Å²) in [6, 6.07) is 0. The van der Waals surface area contributed by atoms with Crippen LogP contribution in [-0.4, -0.2) is 32.1 Å². The van der Waals surface area contributed by atoms with E-state index in [0.29, 0.717) is 19.8 Å². The van der Waals surface area contributed by atoms with E-state index in [1.54, 1.807) is 0 Å². The van der Waals surface area contributed by atoms with E-state index < -0.39 is 0 Å². The predicted molar refractivity (Wildman–Crippen MR) is 42.4 cm³/mol. The van der Waals surface area contributed by atoms with Crippen LogP contribution in [0.3, 0.4) is 0 Å². The van der Waals surface area contributed by atoms with E-state index in [1.807, 2.05) is 0 Å².